The molecule has 1 saturated carbocycles. The molecule has 2 aliphatic rings. The standard InChI is InChI=1S/C19H23N5O/c25-18(16-13-21-9-10-22-16)23-17-1-4-19(17)5-11-24(12-6-19)14-15-2-7-20-8-3-15/h2-3,7-10,13,17H,1,4-6,11-12,14H2,(H,23,25)/t17-/m0/s1. The van der Waals surface area contributed by atoms with Gasteiger partial charge < -0.3 is 5.32 Å². The van der Waals surface area contributed by atoms with E-state index in [2.05, 4.69) is 37.3 Å². The lowest BCUT2D eigenvalue weighted by Gasteiger charge is -2.54. The summed E-state index contributed by atoms with van der Waals surface area (Å²) in [6, 6.07) is 4.43. The van der Waals surface area contributed by atoms with Gasteiger partial charge in [0.1, 0.15) is 5.69 Å². The highest BCUT2D eigenvalue weighted by molar-refractivity contribution is 5.92. The number of pyridine rings is 1. The molecule has 1 spiro atoms. The Morgan fingerprint density at radius 2 is 1.92 bits per heavy atom. The maximum atomic E-state index is 12.3. The first-order valence-corrected chi connectivity index (χ1v) is 8.93. The van der Waals surface area contributed by atoms with Crippen molar-refractivity contribution in [2.45, 2.75) is 38.3 Å². The average molecular weight is 337 g/mol. The number of hydrogen-bond donors (Lipinski definition) is 1. The molecule has 1 amide bonds. The van der Waals surface area contributed by atoms with Crippen LogP contribution in [0, 0.1) is 5.41 Å². The van der Waals surface area contributed by atoms with Gasteiger partial charge in [-0.2, -0.15) is 0 Å². The summed E-state index contributed by atoms with van der Waals surface area (Å²) in [5.74, 6) is -0.101. The van der Waals surface area contributed by atoms with Crippen LogP contribution >= 0.6 is 0 Å². The van der Waals surface area contributed by atoms with Crippen LogP contribution in [0.15, 0.2) is 43.1 Å². The third kappa shape index (κ3) is 3.39. The predicted octanol–water partition coefficient (Wildman–Crippen LogP) is 2.05. The second-order valence-electron chi connectivity index (χ2n) is 7.15. The Bertz CT molecular complexity index is 713. The fourth-order valence-corrected chi connectivity index (χ4v) is 4.07. The Morgan fingerprint density at radius 1 is 1.12 bits per heavy atom. The third-order valence-electron chi connectivity index (χ3n) is 5.78. The van der Waals surface area contributed by atoms with Gasteiger partial charge in [-0.05, 0) is 61.9 Å². The van der Waals surface area contributed by atoms with Gasteiger partial charge in [-0.3, -0.25) is 19.7 Å². The third-order valence-corrected chi connectivity index (χ3v) is 5.78. The van der Waals surface area contributed by atoms with Crippen LogP contribution in [0.4, 0.5) is 0 Å². The van der Waals surface area contributed by atoms with E-state index in [4.69, 9.17) is 0 Å². The number of amides is 1. The van der Waals surface area contributed by atoms with Crippen LogP contribution in [-0.4, -0.2) is 44.9 Å². The summed E-state index contributed by atoms with van der Waals surface area (Å²) >= 11 is 0. The van der Waals surface area contributed by atoms with E-state index in [0.717, 1.165) is 38.9 Å². The highest BCUT2D eigenvalue weighted by Crippen LogP contribution is 2.49. The molecule has 6 heteroatoms. The molecule has 0 bridgehead atoms. The summed E-state index contributed by atoms with van der Waals surface area (Å²) in [5.41, 5.74) is 1.99. The second kappa shape index (κ2) is 6.88. The van der Waals surface area contributed by atoms with Crippen LogP contribution < -0.4 is 5.32 Å². The van der Waals surface area contributed by atoms with Crippen molar-refractivity contribution in [1.82, 2.24) is 25.2 Å². The number of carbonyl (C=O) groups excluding carboxylic acids is 1. The van der Waals surface area contributed by atoms with Crippen molar-refractivity contribution in [3.05, 3.63) is 54.4 Å². The van der Waals surface area contributed by atoms with Crippen LogP contribution in [0.2, 0.25) is 0 Å². The molecule has 1 aliphatic heterocycles. The minimum atomic E-state index is -0.101. The van der Waals surface area contributed by atoms with Gasteiger partial charge in [0.2, 0.25) is 0 Å². The summed E-state index contributed by atoms with van der Waals surface area (Å²) in [6.07, 6.45) is 12.9. The smallest absolute Gasteiger partial charge is 0.271 e. The van der Waals surface area contributed by atoms with Crippen molar-refractivity contribution < 1.29 is 4.79 Å². The van der Waals surface area contributed by atoms with E-state index in [1.54, 1.807) is 12.4 Å². The van der Waals surface area contributed by atoms with Gasteiger partial charge in [0.25, 0.3) is 5.91 Å². The molecule has 1 aliphatic carbocycles. The highest BCUT2D eigenvalue weighted by Gasteiger charge is 2.48. The molecule has 2 aromatic heterocycles. The highest BCUT2D eigenvalue weighted by atomic mass is 16.2. The van der Waals surface area contributed by atoms with Crippen molar-refractivity contribution >= 4 is 5.91 Å². The van der Waals surface area contributed by atoms with Gasteiger partial charge in [0, 0.05) is 37.4 Å². The Hall–Kier alpha value is -2.34. The van der Waals surface area contributed by atoms with E-state index < -0.39 is 0 Å². The topological polar surface area (TPSA) is 71.0 Å². The normalized spacial score (nSPS) is 22.3. The summed E-state index contributed by atoms with van der Waals surface area (Å²) in [5, 5.41) is 3.19. The van der Waals surface area contributed by atoms with Crippen LogP contribution in [0.5, 0.6) is 0 Å². The molecule has 2 aromatic rings. The zero-order valence-corrected chi connectivity index (χ0v) is 14.3. The Labute approximate surface area is 147 Å². The molecule has 1 N–H and O–H groups in total. The molecule has 0 unspecified atom stereocenters. The maximum Gasteiger partial charge on any atom is 0.271 e. The second-order valence-corrected chi connectivity index (χ2v) is 7.15. The summed E-state index contributed by atoms with van der Waals surface area (Å²) < 4.78 is 0. The van der Waals surface area contributed by atoms with Crippen molar-refractivity contribution in [3.63, 3.8) is 0 Å². The van der Waals surface area contributed by atoms with Crippen LogP contribution in [0.1, 0.15) is 41.7 Å². The summed E-state index contributed by atoms with van der Waals surface area (Å²) in [6.45, 7) is 3.15. The number of rotatable bonds is 4. The van der Waals surface area contributed by atoms with E-state index in [1.807, 2.05) is 12.4 Å². The number of nitrogens with zero attached hydrogens (tertiary/aromatic N) is 4. The van der Waals surface area contributed by atoms with E-state index in [1.165, 1.54) is 18.2 Å². The first kappa shape index (κ1) is 16.1. The molecule has 6 nitrogen and oxygen atoms in total. The minimum Gasteiger partial charge on any atom is -0.347 e. The molecular formula is C19H23N5O. The first-order valence-electron chi connectivity index (χ1n) is 8.93. The Morgan fingerprint density at radius 3 is 2.56 bits per heavy atom. The van der Waals surface area contributed by atoms with Crippen LogP contribution in [-0.2, 0) is 6.54 Å². The lowest BCUT2D eigenvalue weighted by Crippen LogP contribution is -2.59. The quantitative estimate of drug-likeness (QED) is 0.924. The summed E-state index contributed by atoms with van der Waals surface area (Å²) in [7, 11) is 0. The molecule has 3 heterocycles. The van der Waals surface area contributed by atoms with Crippen molar-refractivity contribution in [2.24, 2.45) is 5.41 Å². The van der Waals surface area contributed by atoms with Crippen molar-refractivity contribution in [1.29, 1.82) is 0 Å². The Kier molecular flexibility index (Phi) is 4.44. The number of carbonyl (C=O) groups is 1. The molecule has 2 fully saturated rings. The molecular weight excluding hydrogens is 314 g/mol. The largest absolute Gasteiger partial charge is 0.347 e. The zero-order valence-electron chi connectivity index (χ0n) is 14.3. The van der Waals surface area contributed by atoms with Gasteiger partial charge >= 0.3 is 0 Å². The predicted molar refractivity (Wildman–Crippen MR) is 93.7 cm³/mol. The van der Waals surface area contributed by atoms with Crippen molar-refractivity contribution in [3.8, 4) is 0 Å². The average Bonchev–Trinajstić information content (AvgIpc) is 2.67. The van der Waals surface area contributed by atoms with Crippen LogP contribution in [0.25, 0.3) is 0 Å². The van der Waals surface area contributed by atoms with Gasteiger partial charge in [-0.1, -0.05) is 0 Å². The number of likely N-dealkylation sites (tertiary alicyclic amines) is 1. The van der Waals surface area contributed by atoms with E-state index in [9.17, 15) is 4.79 Å². The number of piperidine rings is 1. The molecule has 25 heavy (non-hydrogen) atoms. The first-order chi connectivity index (χ1) is 12.3. The van der Waals surface area contributed by atoms with Gasteiger partial charge in [-0.15, -0.1) is 0 Å². The van der Waals surface area contributed by atoms with E-state index >= 15 is 0 Å². The molecule has 130 valence electrons. The van der Waals surface area contributed by atoms with Gasteiger partial charge in [-0.25, -0.2) is 4.98 Å². The van der Waals surface area contributed by atoms with Crippen molar-refractivity contribution in [2.75, 3.05) is 13.1 Å². The fraction of sp³-hybridized carbons (Fsp3) is 0.474. The Balaban J connectivity index is 1.32. The summed E-state index contributed by atoms with van der Waals surface area (Å²) in [4.78, 5) is 27.0. The number of aromatic nitrogens is 3. The fourth-order valence-electron chi connectivity index (χ4n) is 4.07. The van der Waals surface area contributed by atoms with E-state index in [-0.39, 0.29) is 17.4 Å². The molecule has 0 aromatic carbocycles. The van der Waals surface area contributed by atoms with Crippen LogP contribution in [0.3, 0.4) is 0 Å². The molecule has 0 radical (unpaired) electrons. The molecule has 4 rings (SSSR count). The monoisotopic (exact) mass is 337 g/mol. The maximum absolute atomic E-state index is 12.3. The molecule has 1 atom stereocenters. The lowest BCUT2D eigenvalue weighted by atomic mass is 9.59. The molecule has 1 saturated heterocycles. The number of hydrogen-bond acceptors (Lipinski definition) is 5. The van der Waals surface area contributed by atoms with Gasteiger partial charge in [0.15, 0.2) is 0 Å². The number of nitrogens with one attached hydrogen (secondary N) is 1. The minimum absolute atomic E-state index is 0.101. The zero-order chi connectivity index (χ0) is 17.1. The van der Waals surface area contributed by atoms with Gasteiger partial charge in [0.05, 0.1) is 6.20 Å². The van der Waals surface area contributed by atoms with E-state index in [0.29, 0.717) is 5.69 Å². The lowest BCUT2D eigenvalue weighted by molar-refractivity contribution is -0.00719. The SMILES string of the molecule is O=C(N[C@H]1CCC12CCN(Cc1ccncc1)CC2)c1cnccn1.